The first-order chi connectivity index (χ1) is 14.4. The van der Waals surface area contributed by atoms with E-state index in [9.17, 15) is 24.5 Å². The molecule has 0 aliphatic carbocycles. The van der Waals surface area contributed by atoms with Gasteiger partial charge in [0.1, 0.15) is 6.54 Å². The number of nitro groups is 1. The highest BCUT2D eigenvalue weighted by atomic mass is 16.6. The van der Waals surface area contributed by atoms with Gasteiger partial charge >= 0.3 is 11.9 Å². The summed E-state index contributed by atoms with van der Waals surface area (Å²) in [7, 11) is 1.27. The van der Waals surface area contributed by atoms with Crippen molar-refractivity contribution in [2.75, 3.05) is 19.0 Å². The number of hydrogen-bond donors (Lipinski definition) is 1. The first-order valence-electron chi connectivity index (χ1n) is 8.75. The van der Waals surface area contributed by atoms with Crippen LogP contribution in [0.2, 0.25) is 0 Å². The minimum atomic E-state index is -0.675. The molecular formula is C20H17N3O7. The first-order valence-corrected chi connectivity index (χ1v) is 8.75. The van der Waals surface area contributed by atoms with E-state index in [4.69, 9.17) is 9.47 Å². The van der Waals surface area contributed by atoms with Gasteiger partial charge in [0.2, 0.25) is 0 Å². The van der Waals surface area contributed by atoms with E-state index in [0.29, 0.717) is 22.2 Å². The van der Waals surface area contributed by atoms with Crippen LogP contribution in [-0.4, -0.2) is 41.1 Å². The van der Waals surface area contributed by atoms with Crippen LogP contribution in [0.1, 0.15) is 10.4 Å². The number of carbonyl (C=O) groups excluding carboxylic acids is 3. The Morgan fingerprint density at radius 3 is 2.47 bits per heavy atom. The number of rotatable bonds is 7. The summed E-state index contributed by atoms with van der Waals surface area (Å²) in [6.45, 7) is -0.735. The monoisotopic (exact) mass is 411 g/mol. The number of amides is 1. The summed E-state index contributed by atoms with van der Waals surface area (Å²) in [5.41, 5.74) is 1.19. The fourth-order valence-corrected chi connectivity index (χ4v) is 2.84. The lowest BCUT2D eigenvalue weighted by atomic mass is 10.2. The molecule has 0 saturated carbocycles. The maximum absolute atomic E-state index is 12.2. The van der Waals surface area contributed by atoms with Crippen molar-refractivity contribution in [3.63, 3.8) is 0 Å². The molecule has 1 aromatic heterocycles. The lowest BCUT2D eigenvalue weighted by Gasteiger charge is -2.08. The Bertz CT molecular complexity index is 1120. The van der Waals surface area contributed by atoms with Crippen LogP contribution in [-0.2, 0) is 25.6 Å². The number of nitro benzene ring substituents is 1. The van der Waals surface area contributed by atoms with Gasteiger partial charge in [0.25, 0.3) is 11.6 Å². The highest BCUT2D eigenvalue weighted by molar-refractivity contribution is 6.04. The molecule has 1 heterocycles. The highest BCUT2D eigenvalue weighted by Gasteiger charge is 2.17. The van der Waals surface area contributed by atoms with Crippen LogP contribution in [0.5, 0.6) is 0 Å². The van der Waals surface area contributed by atoms with Crippen molar-refractivity contribution in [3.8, 4) is 0 Å². The number of nitrogens with one attached hydrogen (secondary N) is 1. The van der Waals surface area contributed by atoms with Crippen LogP contribution in [0.4, 0.5) is 11.4 Å². The smallest absolute Gasteiger partial charge is 0.340 e. The zero-order valence-corrected chi connectivity index (χ0v) is 15.9. The summed E-state index contributed by atoms with van der Waals surface area (Å²) >= 11 is 0. The molecule has 1 N–H and O–H groups in total. The second-order valence-electron chi connectivity index (χ2n) is 6.19. The molecule has 0 radical (unpaired) electrons. The number of para-hydroxylation sites is 1. The maximum atomic E-state index is 12.2. The third-order valence-electron chi connectivity index (χ3n) is 4.22. The maximum Gasteiger partial charge on any atom is 0.340 e. The highest BCUT2D eigenvalue weighted by Crippen LogP contribution is 2.22. The van der Waals surface area contributed by atoms with Gasteiger partial charge in [-0.15, -0.1) is 0 Å². The molecule has 3 aromatic rings. The lowest BCUT2D eigenvalue weighted by Crippen LogP contribution is -2.22. The van der Waals surface area contributed by atoms with E-state index in [0.717, 1.165) is 0 Å². The standard InChI is InChI=1S/C20H17N3O7/c1-29-20(26)16-10-22(17-5-3-2-4-15(16)17)11-19(25)30-12-18(24)21-13-6-8-14(9-7-13)23(27)28/h2-10H,11-12H2,1H3,(H,21,24). The van der Waals surface area contributed by atoms with Crippen molar-refractivity contribution in [3.05, 3.63) is 70.4 Å². The summed E-state index contributed by atoms with van der Waals surface area (Å²) in [5.74, 6) is -1.79. The van der Waals surface area contributed by atoms with Crippen molar-refractivity contribution in [2.24, 2.45) is 0 Å². The van der Waals surface area contributed by atoms with E-state index < -0.39 is 29.4 Å². The zero-order valence-electron chi connectivity index (χ0n) is 15.9. The number of carbonyl (C=O) groups is 3. The molecule has 0 aliphatic rings. The van der Waals surface area contributed by atoms with E-state index in [1.807, 2.05) is 0 Å². The molecule has 0 aliphatic heterocycles. The van der Waals surface area contributed by atoms with E-state index in [-0.39, 0.29) is 12.2 Å². The number of nitrogens with zero attached hydrogens (tertiary/aromatic N) is 2. The quantitative estimate of drug-likeness (QED) is 0.359. The van der Waals surface area contributed by atoms with Crippen molar-refractivity contribution in [1.29, 1.82) is 0 Å². The number of aromatic nitrogens is 1. The van der Waals surface area contributed by atoms with Gasteiger partial charge in [-0.2, -0.15) is 0 Å². The van der Waals surface area contributed by atoms with Crippen LogP contribution in [0.3, 0.4) is 0 Å². The number of benzene rings is 2. The zero-order chi connectivity index (χ0) is 21.7. The van der Waals surface area contributed by atoms with E-state index in [1.165, 1.54) is 42.1 Å². The van der Waals surface area contributed by atoms with Gasteiger partial charge in [-0.1, -0.05) is 18.2 Å². The lowest BCUT2D eigenvalue weighted by molar-refractivity contribution is -0.384. The Morgan fingerprint density at radius 1 is 1.10 bits per heavy atom. The number of hydrogen-bond acceptors (Lipinski definition) is 7. The van der Waals surface area contributed by atoms with E-state index >= 15 is 0 Å². The molecule has 1 amide bonds. The van der Waals surface area contributed by atoms with Gasteiger partial charge in [-0.05, 0) is 18.2 Å². The van der Waals surface area contributed by atoms with Crippen molar-refractivity contribution in [2.45, 2.75) is 6.54 Å². The summed E-state index contributed by atoms with van der Waals surface area (Å²) in [4.78, 5) is 46.1. The van der Waals surface area contributed by atoms with E-state index in [1.54, 1.807) is 24.3 Å². The second-order valence-corrected chi connectivity index (χ2v) is 6.19. The molecule has 2 aromatic carbocycles. The predicted molar refractivity (Wildman–Crippen MR) is 106 cm³/mol. The molecular weight excluding hydrogens is 394 g/mol. The van der Waals surface area contributed by atoms with Gasteiger partial charge in [0.05, 0.1) is 17.6 Å². The Labute approximate surface area is 170 Å². The SMILES string of the molecule is COC(=O)c1cn(CC(=O)OCC(=O)Nc2ccc([N+](=O)[O-])cc2)c2ccccc12. The Balaban J connectivity index is 1.60. The summed E-state index contributed by atoms with van der Waals surface area (Å²) in [6, 6.07) is 12.3. The molecule has 154 valence electrons. The van der Waals surface area contributed by atoms with Crippen LogP contribution in [0.25, 0.3) is 10.9 Å². The van der Waals surface area contributed by atoms with E-state index in [2.05, 4.69) is 5.32 Å². The van der Waals surface area contributed by atoms with Crippen molar-refractivity contribution >= 4 is 40.1 Å². The molecule has 0 spiro atoms. The number of methoxy groups -OCH3 is 1. The fourth-order valence-electron chi connectivity index (χ4n) is 2.84. The number of ether oxygens (including phenoxy) is 2. The Kier molecular flexibility index (Phi) is 6.06. The van der Waals surface area contributed by atoms with Crippen LogP contribution >= 0.6 is 0 Å². The van der Waals surface area contributed by atoms with Gasteiger partial charge < -0.3 is 19.4 Å². The molecule has 3 rings (SSSR count). The summed E-state index contributed by atoms with van der Waals surface area (Å²) in [6.07, 6.45) is 1.49. The van der Waals surface area contributed by atoms with Crippen LogP contribution < -0.4 is 5.32 Å². The van der Waals surface area contributed by atoms with Crippen molar-refractivity contribution < 1.29 is 28.8 Å². The summed E-state index contributed by atoms with van der Waals surface area (Å²) in [5, 5.41) is 13.7. The minimum Gasteiger partial charge on any atom is -0.465 e. The molecule has 0 saturated heterocycles. The fraction of sp³-hybridized carbons (Fsp3) is 0.150. The second kappa shape index (κ2) is 8.86. The van der Waals surface area contributed by atoms with Gasteiger partial charge in [-0.3, -0.25) is 19.7 Å². The molecule has 0 unspecified atom stereocenters. The molecule has 0 bridgehead atoms. The van der Waals surface area contributed by atoms with Crippen molar-refractivity contribution in [1.82, 2.24) is 4.57 Å². The molecule has 10 heteroatoms. The molecule has 30 heavy (non-hydrogen) atoms. The number of fused-ring (bicyclic) bond motifs is 1. The number of anilines is 1. The number of esters is 2. The predicted octanol–water partition coefficient (Wildman–Crippen LogP) is 2.52. The molecule has 10 nitrogen and oxygen atoms in total. The third-order valence-corrected chi connectivity index (χ3v) is 4.22. The Hall–Kier alpha value is -4.21. The number of non-ortho nitro benzene ring substituents is 1. The Morgan fingerprint density at radius 2 is 1.80 bits per heavy atom. The third kappa shape index (κ3) is 4.61. The summed E-state index contributed by atoms with van der Waals surface area (Å²) < 4.78 is 11.3. The largest absolute Gasteiger partial charge is 0.465 e. The normalized spacial score (nSPS) is 10.4. The van der Waals surface area contributed by atoms with Crippen LogP contribution in [0.15, 0.2) is 54.7 Å². The van der Waals surface area contributed by atoms with Gasteiger partial charge in [-0.25, -0.2) is 4.79 Å². The minimum absolute atomic E-state index is 0.107. The first kappa shape index (κ1) is 20.5. The van der Waals surface area contributed by atoms with Crippen LogP contribution in [0, 0.1) is 10.1 Å². The average molecular weight is 411 g/mol. The average Bonchev–Trinajstić information content (AvgIpc) is 3.10. The van der Waals surface area contributed by atoms with Gasteiger partial charge in [0.15, 0.2) is 6.61 Å². The molecule has 0 fully saturated rings. The topological polar surface area (TPSA) is 130 Å². The molecule has 0 atom stereocenters. The van der Waals surface area contributed by atoms with Gasteiger partial charge in [0, 0.05) is 34.9 Å².